The van der Waals surface area contributed by atoms with Crippen LogP contribution in [0.4, 0.5) is 0 Å². The van der Waals surface area contributed by atoms with Crippen LogP contribution in [0.5, 0.6) is 0 Å². The lowest BCUT2D eigenvalue weighted by Gasteiger charge is -2.70. The molecule has 4 rings (SSSR count). The summed E-state index contributed by atoms with van der Waals surface area (Å²) in [7, 11) is -1.24. The van der Waals surface area contributed by atoms with Crippen molar-refractivity contribution in [1.82, 2.24) is 5.32 Å². The van der Waals surface area contributed by atoms with E-state index in [9.17, 15) is 9.00 Å². The number of rotatable bonds is 4. The molecular weight excluding hydrogens is 379 g/mol. The Bertz CT molecular complexity index is 779. The van der Waals surface area contributed by atoms with Gasteiger partial charge in [-0.3, -0.25) is 4.79 Å². The molecule has 1 atom stereocenters. The minimum Gasteiger partial charge on any atom is -0.347 e. The largest absolute Gasteiger partial charge is 0.347 e. The van der Waals surface area contributed by atoms with Crippen molar-refractivity contribution in [3.8, 4) is 0 Å². The lowest BCUT2D eigenvalue weighted by molar-refractivity contribution is -0.0926. The second-order valence-corrected chi connectivity index (χ2v) is 10.9. The van der Waals surface area contributed by atoms with Crippen LogP contribution in [-0.4, -0.2) is 26.1 Å². The van der Waals surface area contributed by atoms with E-state index in [-0.39, 0.29) is 21.6 Å². The molecule has 0 spiro atoms. The van der Waals surface area contributed by atoms with Gasteiger partial charge in [-0.2, -0.15) is 4.40 Å². The van der Waals surface area contributed by atoms with Gasteiger partial charge in [-0.1, -0.05) is 23.2 Å². The van der Waals surface area contributed by atoms with Crippen LogP contribution in [0.3, 0.4) is 0 Å². The second kappa shape index (κ2) is 6.07. The number of nitrogens with one attached hydrogen (secondary N) is 1. The lowest BCUT2D eigenvalue weighted by Crippen LogP contribution is -2.76. The minimum atomic E-state index is -1.24. The fraction of sp³-hybridized carbons (Fsp3) is 0.556. The average Bonchev–Trinajstić information content (AvgIpc) is 2.42. The third-order valence-electron chi connectivity index (χ3n) is 5.10. The molecule has 1 aromatic rings. The zero-order valence-electron chi connectivity index (χ0n) is 14.8. The van der Waals surface area contributed by atoms with E-state index >= 15 is 0 Å². The standard InChI is InChI=1S/C18H22Cl2N2O2S/c1-11(22-25(24)16(2,3)4)17-8-18(9-17,10-17)21-15(23)12-5-6-13(19)14(20)7-12/h5-7H,8-10H2,1-4H3,(H,21,23). The number of amides is 1. The van der Waals surface area contributed by atoms with E-state index in [0.29, 0.717) is 15.6 Å². The van der Waals surface area contributed by atoms with Crippen molar-refractivity contribution in [2.45, 2.75) is 57.2 Å². The van der Waals surface area contributed by atoms with Crippen molar-refractivity contribution in [2.24, 2.45) is 9.81 Å². The van der Waals surface area contributed by atoms with E-state index < -0.39 is 11.0 Å². The van der Waals surface area contributed by atoms with E-state index in [0.717, 1.165) is 25.0 Å². The topological polar surface area (TPSA) is 58.5 Å². The zero-order chi connectivity index (χ0) is 18.6. The number of nitrogens with zero attached hydrogens (tertiary/aromatic N) is 1. The molecule has 25 heavy (non-hydrogen) atoms. The normalized spacial score (nSPS) is 29.4. The first-order valence-corrected chi connectivity index (χ1v) is 10.1. The Morgan fingerprint density at radius 2 is 1.80 bits per heavy atom. The molecule has 7 heteroatoms. The predicted molar refractivity (Wildman–Crippen MR) is 104 cm³/mol. The highest BCUT2D eigenvalue weighted by atomic mass is 35.5. The van der Waals surface area contributed by atoms with Gasteiger partial charge < -0.3 is 5.32 Å². The number of hydrogen-bond donors (Lipinski definition) is 1. The summed E-state index contributed by atoms with van der Waals surface area (Å²) in [4.78, 5) is 12.4. The number of hydrogen-bond acceptors (Lipinski definition) is 2. The number of carbonyl (C=O) groups is 1. The monoisotopic (exact) mass is 400 g/mol. The van der Waals surface area contributed by atoms with Crippen LogP contribution in [0.25, 0.3) is 0 Å². The Kier molecular flexibility index (Phi) is 4.58. The van der Waals surface area contributed by atoms with Gasteiger partial charge in [0, 0.05) is 22.2 Å². The fourth-order valence-electron chi connectivity index (χ4n) is 3.61. The summed E-state index contributed by atoms with van der Waals surface area (Å²) >= 11 is 11.9. The average molecular weight is 401 g/mol. The van der Waals surface area contributed by atoms with Crippen molar-refractivity contribution in [3.05, 3.63) is 33.8 Å². The van der Waals surface area contributed by atoms with Crippen LogP contribution < -0.4 is 5.32 Å². The molecule has 2 bridgehead atoms. The molecule has 0 saturated heterocycles. The van der Waals surface area contributed by atoms with E-state index in [1.165, 1.54) is 0 Å². The van der Waals surface area contributed by atoms with Crippen LogP contribution >= 0.6 is 23.2 Å². The first kappa shape index (κ1) is 18.9. The van der Waals surface area contributed by atoms with Gasteiger partial charge >= 0.3 is 0 Å². The van der Waals surface area contributed by atoms with Gasteiger partial charge in [0.1, 0.15) is 11.0 Å². The quantitative estimate of drug-likeness (QED) is 0.752. The molecule has 3 saturated carbocycles. The first-order chi connectivity index (χ1) is 11.5. The van der Waals surface area contributed by atoms with Crippen LogP contribution in [0.1, 0.15) is 57.3 Å². The van der Waals surface area contributed by atoms with Gasteiger partial charge in [0.25, 0.3) is 5.91 Å². The third kappa shape index (κ3) is 3.38. The summed E-state index contributed by atoms with van der Waals surface area (Å²) in [5, 5.41) is 3.92. The molecule has 1 unspecified atom stereocenters. The lowest BCUT2D eigenvalue weighted by atomic mass is 9.38. The Hall–Kier alpha value is -0.910. The van der Waals surface area contributed by atoms with E-state index in [1.54, 1.807) is 18.2 Å². The maximum absolute atomic E-state index is 12.4. The Morgan fingerprint density at radius 3 is 2.32 bits per heavy atom. The molecule has 136 valence electrons. The Morgan fingerprint density at radius 1 is 1.20 bits per heavy atom. The van der Waals surface area contributed by atoms with Crippen molar-refractivity contribution >= 4 is 45.8 Å². The molecule has 4 nitrogen and oxygen atoms in total. The minimum absolute atomic E-state index is 0.00578. The van der Waals surface area contributed by atoms with Gasteiger partial charge in [-0.15, -0.1) is 0 Å². The molecule has 3 aliphatic carbocycles. The van der Waals surface area contributed by atoms with Gasteiger partial charge in [0.05, 0.1) is 14.8 Å². The molecule has 0 aliphatic heterocycles. The SMILES string of the molecule is CC(=NS(=O)C(C)(C)C)C12CC(NC(=O)c3ccc(Cl)c(Cl)c3)(C1)C2. The second-order valence-electron chi connectivity index (χ2n) is 8.21. The highest BCUT2D eigenvalue weighted by Crippen LogP contribution is 2.68. The van der Waals surface area contributed by atoms with Gasteiger partial charge in [0.2, 0.25) is 0 Å². The summed E-state index contributed by atoms with van der Waals surface area (Å²) in [6.07, 6.45) is 2.55. The van der Waals surface area contributed by atoms with Crippen LogP contribution in [0, 0.1) is 5.41 Å². The summed E-state index contributed by atoms with van der Waals surface area (Å²) < 4.78 is 16.3. The van der Waals surface area contributed by atoms with E-state index in [4.69, 9.17) is 23.2 Å². The van der Waals surface area contributed by atoms with E-state index in [2.05, 4.69) is 9.71 Å². The van der Waals surface area contributed by atoms with Crippen LogP contribution in [0.2, 0.25) is 10.0 Å². The van der Waals surface area contributed by atoms with Crippen molar-refractivity contribution in [1.29, 1.82) is 0 Å². The molecule has 3 fully saturated rings. The molecular formula is C18H22Cl2N2O2S. The van der Waals surface area contributed by atoms with Crippen molar-refractivity contribution < 1.29 is 9.00 Å². The summed E-state index contributed by atoms with van der Waals surface area (Å²) in [6, 6.07) is 4.88. The molecule has 0 heterocycles. The molecule has 0 aromatic heterocycles. The smallest absolute Gasteiger partial charge is 0.251 e. The molecule has 1 N–H and O–H groups in total. The van der Waals surface area contributed by atoms with Gasteiger partial charge in [-0.05, 0) is 65.2 Å². The highest BCUT2D eigenvalue weighted by molar-refractivity contribution is 7.85. The number of carbonyl (C=O) groups excluding carboxylic acids is 1. The molecule has 1 amide bonds. The highest BCUT2D eigenvalue weighted by Gasteiger charge is 2.69. The van der Waals surface area contributed by atoms with Crippen LogP contribution in [-0.2, 0) is 11.0 Å². The predicted octanol–water partition coefficient (Wildman–Crippen LogP) is 4.57. The third-order valence-corrected chi connectivity index (χ3v) is 7.33. The molecule has 1 aromatic carbocycles. The zero-order valence-corrected chi connectivity index (χ0v) is 17.1. The van der Waals surface area contributed by atoms with Crippen molar-refractivity contribution in [3.63, 3.8) is 0 Å². The van der Waals surface area contributed by atoms with Gasteiger partial charge in [-0.25, -0.2) is 4.21 Å². The van der Waals surface area contributed by atoms with Crippen molar-refractivity contribution in [2.75, 3.05) is 0 Å². The molecule has 3 aliphatic rings. The summed E-state index contributed by atoms with van der Waals surface area (Å²) in [5.41, 5.74) is 1.29. The van der Waals surface area contributed by atoms with Gasteiger partial charge in [0.15, 0.2) is 0 Å². The Balaban J connectivity index is 1.63. The number of benzene rings is 1. The maximum atomic E-state index is 12.4. The number of halogens is 2. The maximum Gasteiger partial charge on any atom is 0.251 e. The summed E-state index contributed by atoms with van der Waals surface area (Å²) in [6.45, 7) is 7.70. The molecule has 0 radical (unpaired) electrons. The van der Waals surface area contributed by atoms with E-state index in [1.807, 2.05) is 27.7 Å². The fourth-order valence-corrected chi connectivity index (χ4v) is 4.63. The summed E-state index contributed by atoms with van der Waals surface area (Å²) in [5.74, 6) is -0.139. The Labute approximate surface area is 161 Å². The van der Waals surface area contributed by atoms with Crippen LogP contribution in [0.15, 0.2) is 22.6 Å². The first-order valence-electron chi connectivity index (χ1n) is 8.22.